The Labute approximate surface area is 133 Å². The number of nitrogens with zero attached hydrogens (tertiary/aromatic N) is 3. The van der Waals surface area contributed by atoms with Gasteiger partial charge in [0.15, 0.2) is 0 Å². The summed E-state index contributed by atoms with van der Waals surface area (Å²) in [5.74, 6) is 0.289. The van der Waals surface area contributed by atoms with Crippen molar-refractivity contribution in [3.8, 4) is 0 Å². The van der Waals surface area contributed by atoms with Crippen molar-refractivity contribution in [2.24, 2.45) is 0 Å². The number of likely N-dealkylation sites (tertiary alicyclic amines) is 1. The van der Waals surface area contributed by atoms with E-state index in [-0.39, 0.29) is 12.0 Å². The fourth-order valence-electron chi connectivity index (χ4n) is 2.61. The van der Waals surface area contributed by atoms with Gasteiger partial charge < -0.3 is 14.5 Å². The van der Waals surface area contributed by atoms with Crippen molar-refractivity contribution in [1.29, 1.82) is 0 Å². The van der Waals surface area contributed by atoms with E-state index in [9.17, 15) is 4.79 Å². The van der Waals surface area contributed by atoms with Crippen molar-refractivity contribution in [1.82, 2.24) is 9.88 Å². The molecular weight excluding hydrogens is 278 g/mol. The maximum atomic E-state index is 12.2. The van der Waals surface area contributed by atoms with Gasteiger partial charge in [0.1, 0.15) is 5.60 Å². The van der Waals surface area contributed by atoms with E-state index in [1.807, 2.05) is 46.0 Å². The molecule has 1 fully saturated rings. The van der Waals surface area contributed by atoms with Gasteiger partial charge in [0.2, 0.25) is 0 Å². The van der Waals surface area contributed by atoms with E-state index in [1.165, 1.54) is 0 Å². The van der Waals surface area contributed by atoms with Crippen LogP contribution < -0.4 is 4.90 Å². The first-order chi connectivity index (χ1) is 10.3. The number of ether oxygens (including phenoxy) is 1. The largest absolute Gasteiger partial charge is 0.444 e. The number of carbonyl (C=O) groups is 1. The summed E-state index contributed by atoms with van der Waals surface area (Å²) in [6.07, 6.45) is 3.72. The van der Waals surface area contributed by atoms with Crippen LogP contribution in [0.2, 0.25) is 0 Å². The van der Waals surface area contributed by atoms with E-state index >= 15 is 0 Å². The Hall–Kier alpha value is -1.78. The van der Waals surface area contributed by atoms with Crippen LogP contribution in [0.3, 0.4) is 0 Å². The highest BCUT2D eigenvalue weighted by atomic mass is 16.6. The first-order valence-electron chi connectivity index (χ1n) is 7.87. The Balaban J connectivity index is 2.02. The lowest BCUT2D eigenvalue weighted by Gasteiger charge is -2.34. The minimum atomic E-state index is -0.449. The monoisotopic (exact) mass is 305 g/mol. The zero-order chi connectivity index (χ0) is 16.3. The first-order valence-corrected chi connectivity index (χ1v) is 7.87. The van der Waals surface area contributed by atoms with E-state index in [0.717, 1.165) is 30.8 Å². The van der Waals surface area contributed by atoms with Crippen molar-refractivity contribution >= 4 is 11.8 Å². The number of piperidine rings is 1. The second-order valence-corrected chi connectivity index (χ2v) is 7.10. The third-order valence-electron chi connectivity index (χ3n) is 3.78. The molecule has 0 radical (unpaired) electrons. The molecule has 22 heavy (non-hydrogen) atoms. The zero-order valence-electron chi connectivity index (χ0n) is 14.3. The molecule has 0 aliphatic carbocycles. The van der Waals surface area contributed by atoms with Crippen LogP contribution in [-0.2, 0) is 4.74 Å². The van der Waals surface area contributed by atoms with Gasteiger partial charge in [-0.25, -0.2) is 4.79 Å². The SMILES string of the molecule is CN(C)c1ccc([C@H]2CCCN(C(=O)OC(C)(C)C)C2)nc1. The van der Waals surface area contributed by atoms with Crippen LogP contribution in [-0.4, -0.2) is 48.8 Å². The number of hydrogen-bond acceptors (Lipinski definition) is 4. The topological polar surface area (TPSA) is 45.7 Å². The number of aromatic nitrogens is 1. The lowest BCUT2D eigenvalue weighted by molar-refractivity contribution is 0.0197. The summed E-state index contributed by atoms with van der Waals surface area (Å²) >= 11 is 0. The van der Waals surface area contributed by atoms with Crippen LogP contribution in [0.1, 0.15) is 45.2 Å². The highest BCUT2D eigenvalue weighted by molar-refractivity contribution is 5.68. The van der Waals surface area contributed by atoms with Gasteiger partial charge in [-0.3, -0.25) is 4.98 Å². The van der Waals surface area contributed by atoms with Crippen molar-refractivity contribution in [2.75, 3.05) is 32.1 Å². The zero-order valence-corrected chi connectivity index (χ0v) is 14.3. The molecule has 2 rings (SSSR count). The summed E-state index contributed by atoms with van der Waals surface area (Å²) in [6.45, 7) is 7.14. The van der Waals surface area contributed by atoms with Gasteiger partial charge in [0.05, 0.1) is 11.9 Å². The smallest absolute Gasteiger partial charge is 0.410 e. The van der Waals surface area contributed by atoms with E-state index in [1.54, 1.807) is 4.90 Å². The first kappa shape index (κ1) is 16.6. The third-order valence-corrected chi connectivity index (χ3v) is 3.78. The maximum absolute atomic E-state index is 12.2. The van der Waals surface area contributed by atoms with E-state index < -0.39 is 5.60 Å². The number of pyridine rings is 1. The van der Waals surface area contributed by atoms with Crippen molar-refractivity contribution in [2.45, 2.75) is 45.1 Å². The predicted octanol–water partition coefficient (Wildman–Crippen LogP) is 3.26. The minimum Gasteiger partial charge on any atom is -0.444 e. The molecule has 1 amide bonds. The molecule has 1 saturated heterocycles. The van der Waals surface area contributed by atoms with Gasteiger partial charge in [-0.2, -0.15) is 0 Å². The highest BCUT2D eigenvalue weighted by Crippen LogP contribution is 2.27. The molecule has 0 bridgehead atoms. The summed E-state index contributed by atoms with van der Waals surface area (Å²) < 4.78 is 5.47. The highest BCUT2D eigenvalue weighted by Gasteiger charge is 2.28. The van der Waals surface area contributed by atoms with Crippen LogP contribution in [0.4, 0.5) is 10.5 Å². The Morgan fingerprint density at radius 2 is 2.09 bits per heavy atom. The van der Waals surface area contributed by atoms with Crippen LogP contribution in [0.5, 0.6) is 0 Å². The maximum Gasteiger partial charge on any atom is 0.410 e. The fourth-order valence-corrected chi connectivity index (χ4v) is 2.61. The summed E-state index contributed by atoms with van der Waals surface area (Å²) in [5, 5.41) is 0. The molecule has 0 unspecified atom stereocenters. The summed E-state index contributed by atoms with van der Waals surface area (Å²) in [5.41, 5.74) is 1.69. The molecule has 1 atom stereocenters. The molecule has 0 spiro atoms. The van der Waals surface area contributed by atoms with Gasteiger partial charge in [-0.15, -0.1) is 0 Å². The fraction of sp³-hybridized carbons (Fsp3) is 0.647. The molecule has 0 aromatic carbocycles. The average Bonchev–Trinajstić information content (AvgIpc) is 2.46. The molecule has 1 aliphatic rings. The van der Waals surface area contributed by atoms with Gasteiger partial charge in [-0.05, 0) is 45.7 Å². The summed E-state index contributed by atoms with van der Waals surface area (Å²) in [4.78, 5) is 20.6. The van der Waals surface area contributed by atoms with E-state index in [2.05, 4.69) is 17.1 Å². The standard InChI is InChI=1S/C17H27N3O2/c1-17(2,3)22-16(21)20-10-6-7-13(12-20)15-9-8-14(11-18-15)19(4)5/h8-9,11,13H,6-7,10,12H2,1-5H3/t13-/m0/s1. The van der Waals surface area contributed by atoms with Crippen molar-refractivity contribution in [3.63, 3.8) is 0 Å². The van der Waals surface area contributed by atoms with Gasteiger partial charge in [-0.1, -0.05) is 0 Å². The average molecular weight is 305 g/mol. The summed E-state index contributed by atoms with van der Waals surface area (Å²) in [6, 6.07) is 4.15. The Kier molecular flexibility index (Phi) is 4.94. The Morgan fingerprint density at radius 3 is 2.64 bits per heavy atom. The molecule has 1 aromatic rings. The summed E-state index contributed by atoms with van der Waals surface area (Å²) in [7, 11) is 4.00. The number of carbonyl (C=O) groups excluding carboxylic acids is 1. The molecular formula is C17H27N3O2. The van der Waals surface area contributed by atoms with Crippen LogP contribution in [0.25, 0.3) is 0 Å². The molecule has 0 saturated carbocycles. The molecule has 2 heterocycles. The minimum absolute atomic E-state index is 0.220. The molecule has 122 valence electrons. The third kappa shape index (κ3) is 4.36. The van der Waals surface area contributed by atoms with Crippen LogP contribution >= 0.6 is 0 Å². The quantitative estimate of drug-likeness (QED) is 0.841. The lowest BCUT2D eigenvalue weighted by atomic mass is 9.94. The van der Waals surface area contributed by atoms with Gasteiger partial charge >= 0.3 is 6.09 Å². The second-order valence-electron chi connectivity index (χ2n) is 7.10. The van der Waals surface area contributed by atoms with Crippen molar-refractivity contribution in [3.05, 3.63) is 24.0 Å². The second kappa shape index (κ2) is 6.55. The van der Waals surface area contributed by atoms with E-state index in [0.29, 0.717) is 6.54 Å². The van der Waals surface area contributed by atoms with Crippen LogP contribution in [0.15, 0.2) is 18.3 Å². The number of anilines is 1. The van der Waals surface area contributed by atoms with Crippen LogP contribution in [0, 0.1) is 0 Å². The Bertz CT molecular complexity index is 506. The van der Waals surface area contributed by atoms with E-state index in [4.69, 9.17) is 4.74 Å². The lowest BCUT2D eigenvalue weighted by Crippen LogP contribution is -2.42. The molecule has 1 aromatic heterocycles. The van der Waals surface area contributed by atoms with Crippen molar-refractivity contribution < 1.29 is 9.53 Å². The molecule has 5 nitrogen and oxygen atoms in total. The predicted molar refractivity (Wildman–Crippen MR) is 88.3 cm³/mol. The number of amides is 1. The number of hydrogen-bond donors (Lipinski definition) is 0. The molecule has 1 aliphatic heterocycles. The number of rotatable bonds is 2. The molecule has 0 N–H and O–H groups in total. The Morgan fingerprint density at radius 1 is 1.36 bits per heavy atom. The molecule has 5 heteroatoms. The van der Waals surface area contributed by atoms with Gasteiger partial charge in [0.25, 0.3) is 0 Å². The van der Waals surface area contributed by atoms with Gasteiger partial charge in [0, 0.05) is 38.8 Å². The normalized spacial score (nSPS) is 19.0.